The van der Waals surface area contributed by atoms with Crippen LogP contribution in [0.25, 0.3) is 10.9 Å². The highest BCUT2D eigenvalue weighted by Crippen LogP contribution is 2.33. The molecule has 0 bridgehead atoms. The molecular formula is C10H6BrF3N2O. The van der Waals surface area contributed by atoms with Crippen LogP contribution in [0.1, 0.15) is 5.56 Å². The Hall–Kier alpha value is -1.50. The molecular weight excluding hydrogens is 301 g/mol. The molecule has 2 aromatic rings. The lowest BCUT2D eigenvalue weighted by Crippen LogP contribution is -2.10. The highest BCUT2D eigenvalue weighted by molar-refractivity contribution is 9.10. The van der Waals surface area contributed by atoms with Crippen LogP contribution in [0.3, 0.4) is 0 Å². The SMILES string of the molecule is Nc1cc(C(F)(F)F)cc2cc(Br)c(=O)[nH]c12. The zero-order valence-corrected chi connectivity index (χ0v) is 9.82. The number of hydrogen-bond donors (Lipinski definition) is 2. The summed E-state index contributed by atoms with van der Waals surface area (Å²) in [6.07, 6.45) is -4.47. The van der Waals surface area contributed by atoms with Gasteiger partial charge in [0.25, 0.3) is 5.56 Å². The summed E-state index contributed by atoms with van der Waals surface area (Å²) in [7, 11) is 0. The fraction of sp³-hybridized carbons (Fsp3) is 0.100. The van der Waals surface area contributed by atoms with Gasteiger partial charge in [-0.05, 0) is 34.1 Å². The monoisotopic (exact) mass is 306 g/mol. The van der Waals surface area contributed by atoms with Crippen LogP contribution in [0.4, 0.5) is 18.9 Å². The zero-order chi connectivity index (χ0) is 12.8. The number of nitrogens with one attached hydrogen (secondary N) is 1. The van der Waals surface area contributed by atoms with Gasteiger partial charge >= 0.3 is 6.18 Å². The number of alkyl halides is 3. The Balaban J connectivity index is 2.83. The molecule has 7 heteroatoms. The van der Waals surface area contributed by atoms with Gasteiger partial charge in [0.15, 0.2) is 0 Å². The fourth-order valence-corrected chi connectivity index (χ4v) is 1.83. The summed E-state index contributed by atoms with van der Waals surface area (Å²) in [5.74, 6) is 0. The van der Waals surface area contributed by atoms with Crippen LogP contribution < -0.4 is 11.3 Å². The number of rotatable bonds is 0. The molecule has 1 aromatic heterocycles. The number of H-pyrrole nitrogens is 1. The van der Waals surface area contributed by atoms with Gasteiger partial charge in [-0.1, -0.05) is 0 Å². The first kappa shape index (κ1) is 12.0. The number of fused-ring (bicyclic) bond motifs is 1. The average Bonchev–Trinajstić information content (AvgIpc) is 2.19. The molecule has 0 saturated carbocycles. The van der Waals surface area contributed by atoms with Gasteiger partial charge in [-0.15, -0.1) is 0 Å². The summed E-state index contributed by atoms with van der Waals surface area (Å²) in [5, 5.41) is 0.226. The Kier molecular flexibility index (Phi) is 2.65. The standard InChI is InChI=1S/C10H6BrF3N2O/c11-6-2-4-1-5(10(12,13)14)3-7(15)8(4)16-9(6)17/h1-3H,15H2,(H,16,17). The molecule has 0 aliphatic carbocycles. The summed E-state index contributed by atoms with van der Waals surface area (Å²) >= 11 is 2.95. The molecule has 90 valence electrons. The van der Waals surface area contributed by atoms with Crippen LogP contribution in [0.5, 0.6) is 0 Å². The number of nitrogen functional groups attached to an aromatic ring is 1. The van der Waals surface area contributed by atoms with Crippen LogP contribution in [0.15, 0.2) is 27.5 Å². The maximum atomic E-state index is 12.5. The maximum absolute atomic E-state index is 12.5. The Labute approximate surface area is 102 Å². The summed E-state index contributed by atoms with van der Waals surface area (Å²) < 4.78 is 37.8. The minimum Gasteiger partial charge on any atom is -0.397 e. The van der Waals surface area contributed by atoms with Crippen molar-refractivity contribution in [3.8, 4) is 0 Å². The van der Waals surface area contributed by atoms with Crippen molar-refractivity contribution in [3.63, 3.8) is 0 Å². The van der Waals surface area contributed by atoms with E-state index in [1.807, 2.05) is 0 Å². The molecule has 3 nitrogen and oxygen atoms in total. The van der Waals surface area contributed by atoms with Gasteiger partial charge in [-0.25, -0.2) is 0 Å². The molecule has 0 saturated heterocycles. The normalized spacial score (nSPS) is 12.0. The van der Waals surface area contributed by atoms with E-state index in [0.717, 1.165) is 12.1 Å². The van der Waals surface area contributed by atoms with Gasteiger partial charge in [0.05, 0.1) is 21.2 Å². The van der Waals surface area contributed by atoms with Crippen molar-refractivity contribution >= 4 is 32.5 Å². The van der Waals surface area contributed by atoms with Crippen molar-refractivity contribution in [1.29, 1.82) is 0 Å². The van der Waals surface area contributed by atoms with E-state index in [2.05, 4.69) is 20.9 Å². The van der Waals surface area contributed by atoms with Crippen LogP contribution >= 0.6 is 15.9 Å². The lowest BCUT2D eigenvalue weighted by molar-refractivity contribution is -0.137. The van der Waals surface area contributed by atoms with Gasteiger partial charge in [-0.2, -0.15) is 13.2 Å². The third-order valence-electron chi connectivity index (χ3n) is 2.26. The van der Waals surface area contributed by atoms with E-state index < -0.39 is 17.3 Å². The van der Waals surface area contributed by atoms with Crippen molar-refractivity contribution in [3.05, 3.63) is 38.6 Å². The molecule has 2 rings (SSSR count). The Morgan fingerprint density at radius 3 is 2.47 bits per heavy atom. The third kappa shape index (κ3) is 2.14. The van der Waals surface area contributed by atoms with Gasteiger partial charge in [-0.3, -0.25) is 4.79 Å². The molecule has 17 heavy (non-hydrogen) atoms. The number of halogens is 4. The van der Waals surface area contributed by atoms with E-state index in [1.54, 1.807) is 0 Å². The first-order valence-electron chi connectivity index (χ1n) is 4.48. The van der Waals surface area contributed by atoms with Crippen LogP contribution in [-0.2, 0) is 6.18 Å². The second kappa shape index (κ2) is 3.76. The molecule has 0 fully saturated rings. The molecule has 0 unspecified atom stereocenters. The van der Waals surface area contributed by atoms with Crippen molar-refractivity contribution in [2.45, 2.75) is 6.18 Å². The molecule has 0 aliphatic heterocycles. The third-order valence-corrected chi connectivity index (χ3v) is 2.85. The molecule has 0 aliphatic rings. The number of nitrogens with two attached hydrogens (primary N) is 1. The van der Waals surface area contributed by atoms with Gasteiger partial charge in [0.2, 0.25) is 0 Å². The number of aromatic nitrogens is 1. The van der Waals surface area contributed by atoms with Crippen LogP contribution in [0, 0.1) is 0 Å². The minimum absolute atomic E-state index is 0.112. The summed E-state index contributed by atoms with van der Waals surface area (Å²) in [6, 6.07) is 3.04. The van der Waals surface area contributed by atoms with Gasteiger partial charge in [0, 0.05) is 5.39 Å². The topological polar surface area (TPSA) is 58.9 Å². The zero-order valence-electron chi connectivity index (χ0n) is 8.23. The molecule has 0 radical (unpaired) electrons. The van der Waals surface area contributed by atoms with E-state index in [9.17, 15) is 18.0 Å². The predicted octanol–water partition coefficient (Wildman–Crippen LogP) is 2.89. The molecule has 0 amide bonds. The van der Waals surface area contributed by atoms with Crippen LogP contribution in [0.2, 0.25) is 0 Å². The summed E-state index contributed by atoms with van der Waals surface area (Å²) in [5.41, 5.74) is 4.29. The highest BCUT2D eigenvalue weighted by atomic mass is 79.9. The Morgan fingerprint density at radius 2 is 1.88 bits per heavy atom. The predicted molar refractivity (Wildman–Crippen MR) is 61.7 cm³/mol. The fourth-order valence-electron chi connectivity index (χ4n) is 1.48. The minimum atomic E-state index is -4.47. The Morgan fingerprint density at radius 1 is 1.24 bits per heavy atom. The van der Waals surface area contributed by atoms with Crippen molar-refractivity contribution in [1.82, 2.24) is 4.98 Å². The largest absolute Gasteiger partial charge is 0.416 e. The smallest absolute Gasteiger partial charge is 0.397 e. The van der Waals surface area contributed by atoms with Gasteiger partial charge in [0.1, 0.15) is 0 Å². The van der Waals surface area contributed by atoms with Crippen molar-refractivity contribution < 1.29 is 13.2 Å². The first-order chi connectivity index (χ1) is 7.79. The lowest BCUT2D eigenvalue weighted by atomic mass is 10.1. The van der Waals surface area contributed by atoms with Gasteiger partial charge < -0.3 is 10.7 Å². The molecule has 1 heterocycles. The molecule has 0 atom stereocenters. The van der Waals surface area contributed by atoms with E-state index in [4.69, 9.17) is 5.73 Å². The average molecular weight is 307 g/mol. The lowest BCUT2D eigenvalue weighted by Gasteiger charge is -2.10. The van der Waals surface area contributed by atoms with E-state index in [1.165, 1.54) is 6.07 Å². The second-order valence-corrected chi connectivity index (χ2v) is 4.33. The van der Waals surface area contributed by atoms with Crippen molar-refractivity contribution in [2.75, 3.05) is 5.73 Å². The summed E-state index contributed by atoms with van der Waals surface area (Å²) in [6.45, 7) is 0. The van der Waals surface area contributed by atoms with E-state index in [-0.39, 0.29) is 21.1 Å². The maximum Gasteiger partial charge on any atom is 0.416 e. The van der Waals surface area contributed by atoms with Crippen LogP contribution in [-0.4, -0.2) is 4.98 Å². The number of aromatic amines is 1. The molecule has 3 N–H and O–H groups in total. The second-order valence-electron chi connectivity index (χ2n) is 3.47. The van der Waals surface area contributed by atoms with E-state index >= 15 is 0 Å². The first-order valence-corrected chi connectivity index (χ1v) is 5.27. The highest BCUT2D eigenvalue weighted by Gasteiger charge is 2.31. The number of pyridine rings is 1. The Bertz CT molecular complexity index is 648. The van der Waals surface area contributed by atoms with E-state index in [0.29, 0.717) is 0 Å². The number of hydrogen-bond acceptors (Lipinski definition) is 2. The number of benzene rings is 1. The molecule has 1 aromatic carbocycles. The summed E-state index contributed by atoms with van der Waals surface area (Å²) in [4.78, 5) is 13.7. The quantitative estimate of drug-likeness (QED) is 0.735. The number of anilines is 1. The van der Waals surface area contributed by atoms with Crippen molar-refractivity contribution in [2.24, 2.45) is 0 Å². The molecule has 0 spiro atoms.